The zero-order valence-corrected chi connectivity index (χ0v) is 14.2. The summed E-state index contributed by atoms with van der Waals surface area (Å²) in [6.07, 6.45) is 4.95. The molecular formula is C19H30O5. The van der Waals surface area contributed by atoms with Gasteiger partial charge in [-0.2, -0.15) is 0 Å². The summed E-state index contributed by atoms with van der Waals surface area (Å²) >= 11 is 0. The largest absolute Gasteiger partial charge is 0.394 e. The topological polar surface area (TPSA) is 98.0 Å². The maximum absolute atomic E-state index is 13.0. The van der Waals surface area contributed by atoms with E-state index in [2.05, 4.69) is 0 Å². The monoisotopic (exact) mass is 338 g/mol. The molecule has 0 saturated heterocycles. The van der Waals surface area contributed by atoms with Crippen LogP contribution < -0.4 is 0 Å². The molecule has 4 N–H and O–H groups in total. The summed E-state index contributed by atoms with van der Waals surface area (Å²) in [7, 11) is 0. The molecule has 136 valence electrons. The van der Waals surface area contributed by atoms with Gasteiger partial charge in [0, 0.05) is 18.3 Å². The van der Waals surface area contributed by atoms with Crippen LogP contribution in [0.2, 0.25) is 0 Å². The predicted molar refractivity (Wildman–Crippen MR) is 86.9 cm³/mol. The molecule has 4 aliphatic carbocycles. The summed E-state index contributed by atoms with van der Waals surface area (Å²) in [6, 6.07) is 0. The van der Waals surface area contributed by atoms with E-state index in [4.69, 9.17) is 0 Å². The van der Waals surface area contributed by atoms with Crippen LogP contribution in [0.15, 0.2) is 0 Å². The molecule has 0 radical (unpaired) electrons. The second-order valence-electron chi connectivity index (χ2n) is 8.83. The Balaban J connectivity index is 1.59. The molecule has 0 amide bonds. The molecule has 5 nitrogen and oxygen atoms in total. The summed E-state index contributed by atoms with van der Waals surface area (Å²) in [5.41, 5.74) is -1.31. The normalized spacial score (nSPS) is 52.3. The smallest absolute Gasteiger partial charge is 0.136 e. The third kappa shape index (κ3) is 2.39. The van der Waals surface area contributed by atoms with Crippen molar-refractivity contribution >= 4 is 5.78 Å². The van der Waals surface area contributed by atoms with Crippen molar-refractivity contribution in [2.75, 3.05) is 6.61 Å². The lowest BCUT2D eigenvalue weighted by molar-refractivity contribution is -0.160. The Morgan fingerprint density at radius 3 is 2.58 bits per heavy atom. The lowest BCUT2D eigenvalue weighted by Gasteiger charge is -2.52. The Kier molecular flexibility index (Phi) is 4.27. The Morgan fingerprint density at radius 2 is 1.83 bits per heavy atom. The average molecular weight is 338 g/mol. The molecule has 0 heterocycles. The number of carbonyl (C=O) groups is 1. The van der Waals surface area contributed by atoms with Crippen LogP contribution in [-0.2, 0) is 4.79 Å². The van der Waals surface area contributed by atoms with Crippen molar-refractivity contribution in [1.29, 1.82) is 0 Å². The highest BCUT2D eigenvalue weighted by Crippen LogP contribution is 2.59. The number of aliphatic hydroxyl groups is 4. The molecule has 5 unspecified atom stereocenters. The van der Waals surface area contributed by atoms with Crippen LogP contribution in [0.5, 0.6) is 0 Å². The summed E-state index contributed by atoms with van der Waals surface area (Å²) in [4.78, 5) is 13.0. The van der Waals surface area contributed by atoms with Crippen LogP contribution >= 0.6 is 0 Å². The van der Waals surface area contributed by atoms with E-state index >= 15 is 0 Å². The van der Waals surface area contributed by atoms with Crippen molar-refractivity contribution in [3.05, 3.63) is 0 Å². The minimum absolute atomic E-state index is 0.0890. The molecule has 0 bridgehead atoms. The zero-order valence-electron chi connectivity index (χ0n) is 14.2. The zero-order chi connectivity index (χ0) is 17.1. The average Bonchev–Trinajstić information content (AvgIpc) is 2.91. The number of hydrogen-bond donors (Lipinski definition) is 4. The first kappa shape index (κ1) is 17.0. The summed E-state index contributed by atoms with van der Waals surface area (Å²) in [6.45, 7) is -0.454. The molecule has 0 aliphatic heterocycles. The lowest BCUT2D eigenvalue weighted by Crippen LogP contribution is -2.55. The van der Waals surface area contributed by atoms with Crippen molar-refractivity contribution < 1.29 is 25.2 Å². The van der Waals surface area contributed by atoms with Gasteiger partial charge >= 0.3 is 0 Å². The van der Waals surface area contributed by atoms with E-state index in [1.807, 2.05) is 0 Å². The second kappa shape index (κ2) is 6.04. The van der Waals surface area contributed by atoms with Gasteiger partial charge < -0.3 is 20.4 Å². The third-order valence-electron chi connectivity index (χ3n) is 7.94. The third-order valence-corrected chi connectivity index (χ3v) is 7.94. The predicted octanol–water partition coefficient (Wildman–Crippen LogP) is 0.873. The summed E-state index contributed by atoms with van der Waals surface area (Å²) in [5, 5.41) is 40.3. The van der Waals surface area contributed by atoms with Gasteiger partial charge in [0.1, 0.15) is 11.9 Å². The number of aliphatic hydroxyl groups excluding tert-OH is 3. The van der Waals surface area contributed by atoms with E-state index in [1.165, 1.54) is 0 Å². The number of Topliss-reactive ketones (excluding diaryl/α,β-unsaturated/α-hetero) is 1. The van der Waals surface area contributed by atoms with E-state index in [1.54, 1.807) is 0 Å². The van der Waals surface area contributed by atoms with Crippen molar-refractivity contribution in [2.45, 2.75) is 69.2 Å². The molecule has 4 rings (SSSR count). The van der Waals surface area contributed by atoms with Crippen LogP contribution in [0.25, 0.3) is 0 Å². The van der Waals surface area contributed by atoms with Gasteiger partial charge in [0.2, 0.25) is 0 Å². The Morgan fingerprint density at radius 1 is 1.08 bits per heavy atom. The lowest BCUT2D eigenvalue weighted by atomic mass is 9.52. The van der Waals surface area contributed by atoms with E-state index in [9.17, 15) is 25.2 Å². The minimum Gasteiger partial charge on any atom is -0.394 e. The van der Waals surface area contributed by atoms with Gasteiger partial charge in [0.25, 0.3) is 0 Å². The van der Waals surface area contributed by atoms with Gasteiger partial charge in [-0.05, 0) is 68.6 Å². The van der Waals surface area contributed by atoms with Gasteiger partial charge in [-0.3, -0.25) is 4.79 Å². The highest BCUT2D eigenvalue weighted by atomic mass is 16.4. The van der Waals surface area contributed by atoms with Gasteiger partial charge in [-0.25, -0.2) is 0 Å². The molecule has 0 aromatic rings. The van der Waals surface area contributed by atoms with Crippen molar-refractivity contribution in [3.63, 3.8) is 0 Å². The fraction of sp³-hybridized carbons (Fsp3) is 0.947. The maximum Gasteiger partial charge on any atom is 0.136 e. The molecule has 4 fully saturated rings. The first-order chi connectivity index (χ1) is 11.5. The summed E-state index contributed by atoms with van der Waals surface area (Å²) < 4.78 is 0. The van der Waals surface area contributed by atoms with Gasteiger partial charge in [0.05, 0.1) is 18.3 Å². The van der Waals surface area contributed by atoms with E-state index in [0.717, 1.165) is 38.5 Å². The fourth-order valence-corrected chi connectivity index (χ4v) is 6.85. The maximum atomic E-state index is 13.0. The molecule has 4 saturated carbocycles. The van der Waals surface area contributed by atoms with E-state index < -0.39 is 18.3 Å². The van der Waals surface area contributed by atoms with Crippen molar-refractivity contribution in [1.82, 2.24) is 0 Å². The standard InChI is InChI=1S/C19H30O5/c20-9-17(23)19(24)6-5-13-14-3-1-10-7-11(21)2-4-12(10)18(14)16(22)8-15(13)19/h10-15,17-18,20-21,23-24H,1-9H2/t10-,11-,12?,13?,14?,15?,17-,18?,19-/m1/s1. The summed E-state index contributed by atoms with van der Waals surface area (Å²) in [5.74, 6) is 1.60. The first-order valence-corrected chi connectivity index (χ1v) is 9.67. The first-order valence-electron chi connectivity index (χ1n) is 9.67. The molecule has 0 spiro atoms. The molecular weight excluding hydrogens is 308 g/mol. The molecule has 0 aromatic carbocycles. The van der Waals surface area contributed by atoms with Crippen molar-refractivity contribution in [3.8, 4) is 0 Å². The van der Waals surface area contributed by atoms with Crippen LogP contribution in [-0.4, -0.2) is 50.6 Å². The molecule has 4 aliphatic rings. The number of hydrogen-bond acceptors (Lipinski definition) is 5. The van der Waals surface area contributed by atoms with Crippen molar-refractivity contribution in [2.24, 2.45) is 35.5 Å². The number of carbonyl (C=O) groups excluding carboxylic acids is 1. The van der Waals surface area contributed by atoms with Crippen LogP contribution in [0.3, 0.4) is 0 Å². The van der Waals surface area contributed by atoms with E-state index in [0.29, 0.717) is 30.6 Å². The van der Waals surface area contributed by atoms with Gasteiger partial charge in [-0.15, -0.1) is 0 Å². The minimum atomic E-state index is -1.31. The Bertz CT molecular complexity index is 508. The number of ketones is 1. The molecule has 24 heavy (non-hydrogen) atoms. The SMILES string of the molecule is O=C1CC2C(CC[C@]2(O)[C@H](O)CO)C2CC[C@@H]3C[C@H](O)CCC3C12. The van der Waals surface area contributed by atoms with E-state index in [-0.39, 0.29) is 29.6 Å². The molecule has 5 heteroatoms. The quantitative estimate of drug-likeness (QED) is 0.599. The van der Waals surface area contributed by atoms with Gasteiger partial charge in [0.15, 0.2) is 0 Å². The number of rotatable bonds is 2. The second-order valence-corrected chi connectivity index (χ2v) is 8.83. The molecule has 0 aromatic heterocycles. The highest BCUT2D eigenvalue weighted by Gasteiger charge is 2.60. The van der Waals surface area contributed by atoms with Gasteiger partial charge in [-0.1, -0.05) is 0 Å². The Hall–Kier alpha value is -0.490. The van der Waals surface area contributed by atoms with Crippen LogP contribution in [0, 0.1) is 35.5 Å². The number of fused-ring (bicyclic) bond motifs is 5. The molecule has 9 atom stereocenters. The fourth-order valence-electron chi connectivity index (χ4n) is 6.85. The van der Waals surface area contributed by atoms with Crippen LogP contribution in [0.4, 0.5) is 0 Å². The highest BCUT2D eigenvalue weighted by molar-refractivity contribution is 5.83. The van der Waals surface area contributed by atoms with Crippen LogP contribution in [0.1, 0.15) is 51.4 Å². The Labute approximate surface area is 143 Å².